The van der Waals surface area contributed by atoms with E-state index in [-0.39, 0.29) is 18.7 Å². The van der Waals surface area contributed by atoms with Crippen molar-refractivity contribution in [3.63, 3.8) is 0 Å². The van der Waals surface area contributed by atoms with E-state index in [9.17, 15) is 4.79 Å². The van der Waals surface area contributed by atoms with Crippen molar-refractivity contribution < 1.29 is 19.0 Å². The maximum atomic E-state index is 11.1. The predicted octanol–water partition coefficient (Wildman–Crippen LogP) is 5.37. The molecular weight excluding hydrogens is 316 g/mol. The molecule has 0 N–H and O–H groups in total. The number of rotatable bonds is 10. The molecule has 0 radical (unpaired) electrons. The Balaban J connectivity index is 1.92. The molecule has 134 valence electrons. The van der Waals surface area contributed by atoms with Crippen molar-refractivity contribution in [1.82, 2.24) is 0 Å². The monoisotopic (exact) mass is 342 g/mol. The van der Waals surface area contributed by atoms with E-state index in [1.807, 2.05) is 54.6 Å². The zero-order valence-corrected chi connectivity index (χ0v) is 14.9. The molecule has 4 nitrogen and oxygen atoms in total. The van der Waals surface area contributed by atoms with Crippen molar-refractivity contribution >= 4 is 5.97 Å². The topological polar surface area (TPSA) is 44.8 Å². The average molecular weight is 342 g/mol. The maximum absolute atomic E-state index is 11.1. The van der Waals surface area contributed by atoms with E-state index < -0.39 is 0 Å². The molecule has 0 heterocycles. The van der Waals surface area contributed by atoms with Crippen LogP contribution in [0.5, 0.6) is 17.2 Å². The molecule has 0 aromatic heterocycles. The molecule has 0 amide bonds. The fourth-order valence-electron chi connectivity index (χ4n) is 2.41. The molecule has 2 rings (SSSR count). The minimum absolute atomic E-state index is 0.128. The van der Waals surface area contributed by atoms with Crippen LogP contribution in [0.4, 0.5) is 0 Å². The second-order valence-corrected chi connectivity index (χ2v) is 5.92. The molecule has 0 spiro atoms. The van der Waals surface area contributed by atoms with Crippen molar-refractivity contribution in [2.45, 2.75) is 45.6 Å². The van der Waals surface area contributed by atoms with Crippen molar-refractivity contribution in [3.8, 4) is 17.2 Å². The molecule has 0 aliphatic carbocycles. The lowest BCUT2D eigenvalue weighted by molar-refractivity contribution is -0.143. The fraction of sp³-hybridized carbons (Fsp3) is 0.381. The van der Waals surface area contributed by atoms with Crippen LogP contribution in [0.2, 0.25) is 0 Å². The van der Waals surface area contributed by atoms with Gasteiger partial charge in [0.1, 0.15) is 30.0 Å². The molecule has 1 atom stereocenters. The van der Waals surface area contributed by atoms with Gasteiger partial charge in [-0.2, -0.15) is 0 Å². The Bertz CT molecular complexity index is 622. The summed E-state index contributed by atoms with van der Waals surface area (Å²) in [6.45, 7) is 3.85. The van der Waals surface area contributed by atoms with Gasteiger partial charge in [0, 0.05) is 6.92 Å². The van der Waals surface area contributed by atoms with Crippen LogP contribution in [0.1, 0.15) is 39.5 Å². The summed E-state index contributed by atoms with van der Waals surface area (Å²) in [4.78, 5) is 11.1. The van der Waals surface area contributed by atoms with Crippen molar-refractivity contribution in [3.05, 3.63) is 54.6 Å². The number of benzene rings is 2. The first-order chi connectivity index (χ1) is 12.2. The van der Waals surface area contributed by atoms with E-state index in [0.29, 0.717) is 0 Å². The van der Waals surface area contributed by atoms with Gasteiger partial charge in [-0.25, -0.2) is 0 Å². The zero-order valence-electron chi connectivity index (χ0n) is 14.9. The minimum Gasteiger partial charge on any atom is -0.487 e. The summed E-state index contributed by atoms with van der Waals surface area (Å²) in [6.07, 6.45) is 4.08. The highest BCUT2D eigenvalue weighted by molar-refractivity contribution is 5.65. The maximum Gasteiger partial charge on any atom is 0.302 e. The minimum atomic E-state index is -0.282. The quantitative estimate of drug-likeness (QED) is 0.430. The van der Waals surface area contributed by atoms with Gasteiger partial charge >= 0.3 is 5.97 Å². The largest absolute Gasteiger partial charge is 0.487 e. The molecule has 0 bridgehead atoms. The van der Waals surface area contributed by atoms with Gasteiger partial charge in [0.05, 0.1) is 0 Å². The number of ether oxygens (including phenoxy) is 3. The van der Waals surface area contributed by atoms with Crippen LogP contribution in [0.25, 0.3) is 0 Å². The summed E-state index contributed by atoms with van der Waals surface area (Å²) < 4.78 is 16.9. The van der Waals surface area contributed by atoms with Crippen LogP contribution in [0, 0.1) is 0 Å². The Morgan fingerprint density at radius 3 is 2.20 bits per heavy atom. The summed E-state index contributed by atoms with van der Waals surface area (Å²) in [6, 6.07) is 17.1. The number of carbonyl (C=O) groups excluding carboxylic acids is 1. The SMILES string of the molecule is CCCCCC(COC(C)=O)Oc1ccc(Oc2ccccc2)cc1. The highest BCUT2D eigenvalue weighted by Gasteiger charge is 2.12. The highest BCUT2D eigenvalue weighted by atomic mass is 16.6. The van der Waals surface area contributed by atoms with Crippen LogP contribution >= 0.6 is 0 Å². The molecule has 2 aromatic carbocycles. The van der Waals surface area contributed by atoms with Crippen LogP contribution in [-0.2, 0) is 9.53 Å². The summed E-state index contributed by atoms with van der Waals surface area (Å²) in [7, 11) is 0. The van der Waals surface area contributed by atoms with Gasteiger partial charge < -0.3 is 14.2 Å². The third kappa shape index (κ3) is 7.29. The lowest BCUT2D eigenvalue weighted by atomic mass is 10.1. The first-order valence-electron chi connectivity index (χ1n) is 8.80. The van der Waals surface area contributed by atoms with E-state index in [1.54, 1.807) is 0 Å². The predicted molar refractivity (Wildman–Crippen MR) is 98.1 cm³/mol. The fourth-order valence-corrected chi connectivity index (χ4v) is 2.41. The third-order valence-electron chi connectivity index (χ3n) is 3.71. The van der Waals surface area contributed by atoms with E-state index in [0.717, 1.165) is 42.9 Å². The third-order valence-corrected chi connectivity index (χ3v) is 3.71. The van der Waals surface area contributed by atoms with Gasteiger partial charge in [-0.15, -0.1) is 0 Å². The van der Waals surface area contributed by atoms with Gasteiger partial charge in [-0.1, -0.05) is 38.0 Å². The Labute approximate surface area is 149 Å². The van der Waals surface area contributed by atoms with E-state index >= 15 is 0 Å². The Morgan fingerprint density at radius 1 is 0.920 bits per heavy atom. The lowest BCUT2D eigenvalue weighted by Gasteiger charge is -2.19. The molecule has 0 saturated heterocycles. The number of unbranched alkanes of at least 4 members (excludes halogenated alkanes) is 2. The summed E-state index contributed by atoms with van der Waals surface area (Å²) in [5.41, 5.74) is 0. The van der Waals surface area contributed by atoms with Gasteiger partial charge in [0.2, 0.25) is 0 Å². The second kappa shape index (κ2) is 10.4. The van der Waals surface area contributed by atoms with E-state index in [2.05, 4.69) is 6.92 Å². The first kappa shape index (κ1) is 18.8. The Hall–Kier alpha value is -2.49. The number of esters is 1. The van der Waals surface area contributed by atoms with Crippen molar-refractivity contribution in [2.75, 3.05) is 6.61 Å². The van der Waals surface area contributed by atoms with Crippen LogP contribution in [0.15, 0.2) is 54.6 Å². The van der Waals surface area contributed by atoms with Gasteiger partial charge in [-0.05, 0) is 49.2 Å². The molecule has 0 saturated carbocycles. The number of para-hydroxylation sites is 1. The number of carbonyl (C=O) groups is 1. The molecule has 4 heteroatoms. The molecular formula is C21H26O4. The molecule has 25 heavy (non-hydrogen) atoms. The molecule has 0 aliphatic heterocycles. The van der Waals surface area contributed by atoms with Crippen LogP contribution in [0.3, 0.4) is 0 Å². The van der Waals surface area contributed by atoms with Gasteiger partial charge in [0.25, 0.3) is 0 Å². The normalized spacial score (nSPS) is 11.6. The van der Waals surface area contributed by atoms with Crippen molar-refractivity contribution in [1.29, 1.82) is 0 Å². The van der Waals surface area contributed by atoms with E-state index in [4.69, 9.17) is 14.2 Å². The lowest BCUT2D eigenvalue weighted by Crippen LogP contribution is -2.24. The average Bonchev–Trinajstić information content (AvgIpc) is 2.62. The number of hydrogen-bond donors (Lipinski definition) is 0. The standard InChI is InChI=1S/C21H26O4/c1-3-4-6-11-21(16-23-17(2)22)25-20-14-12-19(13-15-20)24-18-9-7-5-8-10-18/h5,7-10,12-15,21H,3-4,6,11,16H2,1-2H3. The van der Waals surface area contributed by atoms with E-state index in [1.165, 1.54) is 6.92 Å². The summed E-state index contributed by atoms with van der Waals surface area (Å²) >= 11 is 0. The highest BCUT2D eigenvalue weighted by Crippen LogP contribution is 2.24. The zero-order chi connectivity index (χ0) is 17.9. The molecule has 0 aliphatic rings. The van der Waals surface area contributed by atoms with Crippen LogP contribution < -0.4 is 9.47 Å². The Morgan fingerprint density at radius 2 is 1.56 bits per heavy atom. The molecule has 2 aromatic rings. The van der Waals surface area contributed by atoms with Gasteiger partial charge in [-0.3, -0.25) is 4.79 Å². The summed E-state index contributed by atoms with van der Waals surface area (Å²) in [5.74, 6) is 2.01. The van der Waals surface area contributed by atoms with Crippen LogP contribution in [-0.4, -0.2) is 18.7 Å². The van der Waals surface area contributed by atoms with Gasteiger partial charge in [0.15, 0.2) is 0 Å². The molecule has 1 unspecified atom stereocenters. The summed E-state index contributed by atoms with van der Waals surface area (Å²) in [5, 5.41) is 0. The smallest absolute Gasteiger partial charge is 0.302 e. The van der Waals surface area contributed by atoms with Crippen molar-refractivity contribution in [2.24, 2.45) is 0 Å². The number of hydrogen-bond acceptors (Lipinski definition) is 4. The Kier molecular flexibility index (Phi) is 7.83. The molecule has 0 fully saturated rings. The first-order valence-corrected chi connectivity index (χ1v) is 8.80. The second-order valence-electron chi connectivity index (χ2n) is 5.92.